The van der Waals surface area contributed by atoms with E-state index in [0.29, 0.717) is 11.0 Å². The van der Waals surface area contributed by atoms with Crippen molar-refractivity contribution >= 4 is 34.4 Å². The maximum atomic E-state index is 5.86. The molecule has 1 aliphatic carbocycles. The van der Waals surface area contributed by atoms with Gasteiger partial charge in [-0.25, -0.2) is 4.98 Å². The van der Waals surface area contributed by atoms with Crippen molar-refractivity contribution in [1.29, 1.82) is 0 Å². The first kappa shape index (κ1) is 13.5. The van der Waals surface area contributed by atoms with Gasteiger partial charge in [-0.05, 0) is 43.3 Å². The lowest BCUT2D eigenvalue weighted by Gasteiger charge is -2.25. The third-order valence-electron chi connectivity index (χ3n) is 3.45. The van der Waals surface area contributed by atoms with Crippen LogP contribution in [-0.2, 0) is 6.54 Å². The van der Waals surface area contributed by atoms with E-state index in [2.05, 4.69) is 22.4 Å². The predicted octanol–water partition coefficient (Wildman–Crippen LogP) is 3.25. The van der Waals surface area contributed by atoms with E-state index in [1.54, 1.807) is 11.3 Å². The Morgan fingerprint density at radius 3 is 2.85 bits per heavy atom. The van der Waals surface area contributed by atoms with Crippen LogP contribution in [0.1, 0.15) is 29.0 Å². The zero-order chi connectivity index (χ0) is 14.1. The highest BCUT2D eigenvalue weighted by atomic mass is 32.1. The summed E-state index contributed by atoms with van der Waals surface area (Å²) in [4.78, 5) is 8.82. The van der Waals surface area contributed by atoms with E-state index < -0.39 is 0 Å². The average Bonchev–Trinajstić information content (AvgIpc) is 3.12. The van der Waals surface area contributed by atoms with Crippen LogP contribution in [0.25, 0.3) is 0 Å². The summed E-state index contributed by atoms with van der Waals surface area (Å²) in [5, 5.41) is 2.11. The monoisotopic (exact) mass is 303 g/mol. The summed E-state index contributed by atoms with van der Waals surface area (Å²) in [6, 6.07) is 8.77. The first-order chi connectivity index (χ1) is 9.65. The van der Waals surface area contributed by atoms with E-state index in [4.69, 9.17) is 22.9 Å². The molecule has 2 heterocycles. The van der Waals surface area contributed by atoms with E-state index >= 15 is 0 Å². The maximum Gasteiger partial charge on any atom is 0.139 e. The van der Waals surface area contributed by atoms with Gasteiger partial charge >= 0.3 is 0 Å². The van der Waals surface area contributed by atoms with Crippen molar-refractivity contribution in [3.05, 3.63) is 45.8 Å². The van der Waals surface area contributed by atoms with Gasteiger partial charge in [-0.1, -0.05) is 18.3 Å². The van der Waals surface area contributed by atoms with Crippen LogP contribution in [0.4, 0.5) is 5.82 Å². The predicted molar refractivity (Wildman–Crippen MR) is 88.4 cm³/mol. The van der Waals surface area contributed by atoms with E-state index in [1.165, 1.54) is 17.7 Å². The lowest BCUT2D eigenvalue weighted by Crippen LogP contribution is -2.28. The van der Waals surface area contributed by atoms with Gasteiger partial charge in [0.1, 0.15) is 10.8 Å². The van der Waals surface area contributed by atoms with Crippen LogP contribution < -0.4 is 10.6 Å². The fraction of sp³-hybridized carbons (Fsp3) is 0.333. The lowest BCUT2D eigenvalue weighted by atomic mass is 10.2. The topological polar surface area (TPSA) is 42.1 Å². The zero-order valence-corrected chi connectivity index (χ0v) is 13.0. The molecule has 1 aliphatic rings. The van der Waals surface area contributed by atoms with Crippen molar-refractivity contribution < 1.29 is 0 Å². The van der Waals surface area contributed by atoms with Crippen LogP contribution in [0.2, 0.25) is 0 Å². The molecular formula is C15H17N3S2. The number of aryl methyl sites for hydroxylation is 1. The van der Waals surface area contributed by atoms with Crippen molar-refractivity contribution in [2.45, 2.75) is 32.4 Å². The number of hydrogen-bond acceptors (Lipinski definition) is 4. The minimum Gasteiger partial charge on any atom is -0.389 e. The number of nitrogens with two attached hydrogens (primary N) is 1. The number of anilines is 1. The standard InChI is InChI=1S/C15H17N3S2/c1-10-4-7-13(14(16)19)15(17-10)18(11-5-6-11)9-12-3-2-8-20-12/h2-4,7-8,11H,5-6,9H2,1H3,(H2,16,19). The van der Waals surface area contributed by atoms with Crippen molar-refractivity contribution in [3.63, 3.8) is 0 Å². The largest absolute Gasteiger partial charge is 0.389 e. The summed E-state index contributed by atoms with van der Waals surface area (Å²) in [5.41, 5.74) is 7.74. The first-order valence-electron chi connectivity index (χ1n) is 6.71. The fourth-order valence-electron chi connectivity index (χ4n) is 2.29. The van der Waals surface area contributed by atoms with Crippen LogP contribution in [0.5, 0.6) is 0 Å². The van der Waals surface area contributed by atoms with Gasteiger partial charge in [0.25, 0.3) is 0 Å². The van der Waals surface area contributed by atoms with Gasteiger partial charge in [0.05, 0.1) is 12.1 Å². The molecule has 0 saturated heterocycles. The summed E-state index contributed by atoms with van der Waals surface area (Å²) in [5.74, 6) is 0.938. The maximum absolute atomic E-state index is 5.86. The number of thiocarbonyl (C=S) groups is 1. The van der Waals surface area contributed by atoms with E-state index in [0.717, 1.165) is 23.6 Å². The summed E-state index contributed by atoms with van der Waals surface area (Å²) in [6.45, 7) is 2.89. The Balaban J connectivity index is 1.98. The van der Waals surface area contributed by atoms with Gasteiger partial charge < -0.3 is 10.6 Å². The smallest absolute Gasteiger partial charge is 0.139 e. The average molecular weight is 303 g/mol. The Hall–Kier alpha value is -1.46. The quantitative estimate of drug-likeness (QED) is 0.861. The van der Waals surface area contributed by atoms with Gasteiger partial charge in [-0.2, -0.15) is 0 Å². The molecule has 0 bridgehead atoms. The molecule has 0 spiro atoms. The number of hydrogen-bond donors (Lipinski definition) is 1. The molecule has 3 rings (SSSR count). The summed E-state index contributed by atoms with van der Waals surface area (Å²) in [6.07, 6.45) is 2.44. The molecule has 0 unspecified atom stereocenters. The third-order valence-corrected chi connectivity index (χ3v) is 4.53. The molecule has 2 N–H and O–H groups in total. The van der Waals surface area contributed by atoms with Gasteiger partial charge in [0, 0.05) is 16.6 Å². The Morgan fingerprint density at radius 1 is 1.45 bits per heavy atom. The second kappa shape index (κ2) is 5.50. The van der Waals surface area contributed by atoms with Crippen LogP contribution in [-0.4, -0.2) is 16.0 Å². The minimum atomic E-state index is 0.421. The molecule has 0 amide bonds. The van der Waals surface area contributed by atoms with Crippen LogP contribution in [0, 0.1) is 6.92 Å². The molecule has 2 aromatic heterocycles. The number of thiophene rings is 1. The lowest BCUT2D eigenvalue weighted by molar-refractivity contribution is 0.783. The van der Waals surface area contributed by atoms with Gasteiger partial charge in [0.2, 0.25) is 0 Å². The van der Waals surface area contributed by atoms with Crippen molar-refractivity contribution in [3.8, 4) is 0 Å². The molecule has 0 aromatic carbocycles. The molecule has 20 heavy (non-hydrogen) atoms. The highest BCUT2D eigenvalue weighted by Gasteiger charge is 2.32. The molecule has 1 saturated carbocycles. The second-order valence-corrected chi connectivity index (χ2v) is 6.60. The van der Waals surface area contributed by atoms with Crippen LogP contribution in [0.3, 0.4) is 0 Å². The normalized spacial score (nSPS) is 14.2. The Labute approximate surface area is 128 Å². The first-order valence-corrected chi connectivity index (χ1v) is 8.00. The molecule has 2 aromatic rings. The molecule has 5 heteroatoms. The Bertz CT molecular complexity index is 618. The summed E-state index contributed by atoms with van der Waals surface area (Å²) >= 11 is 6.96. The zero-order valence-electron chi connectivity index (χ0n) is 11.4. The fourth-order valence-corrected chi connectivity index (χ4v) is 3.15. The minimum absolute atomic E-state index is 0.421. The Morgan fingerprint density at radius 2 is 2.25 bits per heavy atom. The summed E-state index contributed by atoms with van der Waals surface area (Å²) in [7, 11) is 0. The van der Waals surface area contributed by atoms with Crippen LogP contribution in [0.15, 0.2) is 29.6 Å². The van der Waals surface area contributed by atoms with Gasteiger partial charge in [0.15, 0.2) is 0 Å². The molecule has 0 radical (unpaired) electrons. The van der Waals surface area contributed by atoms with Crippen molar-refractivity contribution in [2.75, 3.05) is 4.90 Å². The van der Waals surface area contributed by atoms with Gasteiger partial charge in [-0.3, -0.25) is 0 Å². The van der Waals surface area contributed by atoms with Gasteiger partial charge in [-0.15, -0.1) is 11.3 Å². The molecule has 1 fully saturated rings. The molecule has 104 valence electrons. The van der Waals surface area contributed by atoms with Crippen molar-refractivity contribution in [2.24, 2.45) is 5.73 Å². The SMILES string of the molecule is Cc1ccc(C(N)=S)c(N(Cc2cccs2)C2CC2)n1. The second-order valence-electron chi connectivity index (χ2n) is 5.13. The molecule has 0 aliphatic heterocycles. The van der Waals surface area contributed by atoms with Crippen molar-refractivity contribution in [1.82, 2.24) is 4.98 Å². The highest BCUT2D eigenvalue weighted by molar-refractivity contribution is 7.80. The number of pyridine rings is 1. The molecule has 0 atom stereocenters. The van der Waals surface area contributed by atoms with E-state index in [1.807, 2.05) is 19.1 Å². The Kier molecular flexibility index (Phi) is 3.72. The highest BCUT2D eigenvalue weighted by Crippen LogP contribution is 2.34. The number of rotatable bonds is 5. The van der Waals surface area contributed by atoms with Crippen LogP contribution >= 0.6 is 23.6 Å². The molecular weight excluding hydrogens is 286 g/mol. The molecule has 3 nitrogen and oxygen atoms in total. The third kappa shape index (κ3) is 2.83. The summed E-state index contributed by atoms with van der Waals surface area (Å²) < 4.78 is 0. The number of aromatic nitrogens is 1. The van der Waals surface area contributed by atoms with E-state index in [-0.39, 0.29) is 0 Å². The van der Waals surface area contributed by atoms with E-state index in [9.17, 15) is 0 Å². The number of nitrogens with zero attached hydrogens (tertiary/aromatic N) is 2.